The Bertz CT molecular complexity index is 717. The third-order valence-corrected chi connectivity index (χ3v) is 3.37. The molecular formula is C16H16ClN3O2. The van der Waals surface area contributed by atoms with Crippen LogP contribution in [0.4, 0.5) is 5.69 Å². The van der Waals surface area contributed by atoms with E-state index < -0.39 is 5.97 Å². The number of ether oxygens (including phenoxy) is 1. The lowest BCUT2D eigenvalue weighted by atomic mass is 10.1. The highest BCUT2D eigenvalue weighted by molar-refractivity contribution is 6.30. The number of hydrogen-bond donors (Lipinski definition) is 1. The van der Waals surface area contributed by atoms with Gasteiger partial charge in [0.05, 0.1) is 19.3 Å². The Labute approximate surface area is 134 Å². The van der Waals surface area contributed by atoms with Gasteiger partial charge in [0.15, 0.2) is 5.69 Å². The average molecular weight is 318 g/mol. The zero-order valence-corrected chi connectivity index (χ0v) is 13.1. The first-order valence-corrected chi connectivity index (χ1v) is 7.00. The topological polar surface area (TPSA) is 64.1 Å². The van der Waals surface area contributed by atoms with Gasteiger partial charge in [0.1, 0.15) is 5.15 Å². The molecule has 0 aliphatic heterocycles. The molecule has 0 amide bonds. The number of aryl methyl sites for hydroxylation is 1. The monoisotopic (exact) mass is 317 g/mol. The third-order valence-electron chi connectivity index (χ3n) is 3.17. The third kappa shape index (κ3) is 3.43. The van der Waals surface area contributed by atoms with Crippen LogP contribution in [0.2, 0.25) is 5.15 Å². The lowest BCUT2D eigenvalue weighted by Crippen LogP contribution is -2.11. The van der Waals surface area contributed by atoms with E-state index in [1.54, 1.807) is 18.3 Å². The highest BCUT2D eigenvalue weighted by Crippen LogP contribution is 2.25. The van der Waals surface area contributed by atoms with E-state index in [0.717, 1.165) is 11.3 Å². The predicted molar refractivity (Wildman–Crippen MR) is 87.0 cm³/mol. The summed E-state index contributed by atoms with van der Waals surface area (Å²) >= 11 is 5.98. The second-order valence-corrected chi connectivity index (χ2v) is 4.96. The summed E-state index contributed by atoms with van der Waals surface area (Å²) < 4.78 is 4.72. The Hall–Kier alpha value is -2.40. The minimum atomic E-state index is -0.561. The number of esters is 1. The number of pyridine rings is 2. The normalized spacial score (nSPS) is 10.1. The zero-order valence-electron chi connectivity index (χ0n) is 12.4. The fraction of sp³-hybridized carbons (Fsp3) is 0.188. The molecule has 2 heterocycles. The zero-order chi connectivity index (χ0) is 16.1. The minimum absolute atomic E-state index is 0.130. The van der Waals surface area contributed by atoms with Crippen LogP contribution >= 0.6 is 11.6 Å². The largest absolute Gasteiger partial charge is 0.464 e. The smallest absolute Gasteiger partial charge is 0.357 e. The first kappa shape index (κ1) is 16.0. The standard InChI is InChI=1S/C16H16ClN3O2/c1-4-11-12(8-14(17)20-15(11)16(21)22-3)19-9-13-10(2)6-5-7-18-13/h4-8H,1,9H2,2-3H3,(H,19,20). The maximum absolute atomic E-state index is 11.8. The fourth-order valence-electron chi connectivity index (χ4n) is 2.01. The van der Waals surface area contributed by atoms with Gasteiger partial charge in [-0.15, -0.1) is 0 Å². The van der Waals surface area contributed by atoms with Crippen LogP contribution < -0.4 is 5.32 Å². The van der Waals surface area contributed by atoms with Crippen LogP contribution in [0.15, 0.2) is 31.0 Å². The van der Waals surface area contributed by atoms with E-state index in [-0.39, 0.29) is 10.8 Å². The number of nitrogens with one attached hydrogen (secondary N) is 1. The van der Waals surface area contributed by atoms with Gasteiger partial charge in [-0.1, -0.05) is 30.3 Å². The van der Waals surface area contributed by atoms with Gasteiger partial charge in [-0.25, -0.2) is 9.78 Å². The second kappa shape index (κ2) is 7.04. The highest BCUT2D eigenvalue weighted by atomic mass is 35.5. The van der Waals surface area contributed by atoms with Gasteiger partial charge in [0.2, 0.25) is 0 Å². The molecule has 5 nitrogen and oxygen atoms in total. The molecule has 0 saturated carbocycles. The van der Waals surface area contributed by atoms with Gasteiger partial charge < -0.3 is 10.1 Å². The molecule has 0 spiro atoms. The Kier molecular flexibility index (Phi) is 5.12. The molecule has 2 aromatic heterocycles. The van der Waals surface area contributed by atoms with Crippen molar-refractivity contribution in [3.63, 3.8) is 0 Å². The molecule has 0 aliphatic carbocycles. The van der Waals surface area contributed by atoms with Crippen molar-refractivity contribution < 1.29 is 9.53 Å². The van der Waals surface area contributed by atoms with Crippen LogP contribution in [0, 0.1) is 6.92 Å². The SMILES string of the molecule is C=Cc1c(NCc2ncccc2C)cc(Cl)nc1C(=O)OC. The quantitative estimate of drug-likeness (QED) is 0.675. The summed E-state index contributed by atoms with van der Waals surface area (Å²) in [6.45, 7) is 6.20. The number of rotatable bonds is 5. The van der Waals surface area contributed by atoms with Crippen molar-refractivity contribution in [2.45, 2.75) is 13.5 Å². The molecule has 0 saturated heterocycles. The Morgan fingerprint density at radius 2 is 2.32 bits per heavy atom. The lowest BCUT2D eigenvalue weighted by molar-refractivity contribution is 0.0594. The molecular weight excluding hydrogens is 302 g/mol. The maximum atomic E-state index is 11.8. The summed E-state index contributed by atoms with van der Waals surface area (Å²) in [6, 6.07) is 5.51. The summed E-state index contributed by atoms with van der Waals surface area (Å²) in [5.41, 5.74) is 3.31. The van der Waals surface area contributed by atoms with Gasteiger partial charge in [-0.3, -0.25) is 4.98 Å². The highest BCUT2D eigenvalue weighted by Gasteiger charge is 2.17. The Morgan fingerprint density at radius 3 is 2.95 bits per heavy atom. The molecule has 0 radical (unpaired) electrons. The van der Waals surface area contributed by atoms with E-state index in [2.05, 4.69) is 21.9 Å². The van der Waals surface area contributed by atoms with E-state index in [4.69, 9.17) is 16.3 Å². The average Bonchev–Trinajstić information content (AvgIpc) is 2.52. The van der Waals surface area contributed by atoms with Gasteiger partial charge in [-0.05, 0) is 24.6 Å². The van der Waals surface area contributed by atoms with Gasteiger partial charge in [0, 0.05) is 17.4 Å². The van der Waals surface area contributed by atoms with Crippen molar-refractivity contribution in [3.05, 3.63) is 58.6 Å². The van der Waals surface area contributed by atoms with Crippen molar-refractivity contribution in [2.24, 2.45) is 0 Å². The van der Waals surface area contributed by atoms with Crippen molar-refractivity contribution in [3.8, 4) is 0 Å². The van der Waals surface area contributed by atoms with Crippen molar-refractivity contribution >= 4 is 29.3 Å². The van der Waals surface area contributed by atoms with E-state index in [9.17, 15) is 4.79 Å². The molecule has 0 aliphatic rings. The Morgan fingerprint density at radius 1 is 1.55 bits per heavy atom. The molecule has 2 rings (SSSR count). The number of aromatic nitrogens is 2. The lowest BCUT2D eigenvalue weighted by Gasteiger charge is -2.13. The summed E-state index contributed by atoms with van der Waals surface area (Å²) in [7, 11) is 1.29. The molecule has 0 unspecified atom stereocenters. The summed E-state index contributed by atoms with van der Waals surface area (Å²) in [5, 5.41) is 3.42. The van der Waals surface area contributed by atoms with Crippen molar-refractivity contribution in [1.29, 1.82) is 0 Å². The van der Waals surface area contributed by atoms with Crippen LogP contribution in [0.3, 0.4) is 0 Å². The van der Waals surface area contributed by atoms with E-state index >= 15 is 0 Å². The van der Waals surface area contributed by atoms with Gasteiger partial charge >= 0.3 is 5.97 Å². The Balaban J connectivity index is 2.34. The number of methoxy groups -OCH3 is 1. The number of nitrogens with zero attached hydrogens (tertiary/aromatic N) is 2. The molecule has 6 heteroatoms. The number of carbonyl (C=O) groups is 1. The van der Waals surface area contributed by atoms with E-state index in [0.29, 0.717) is 17.8 Å². The summed E-state index contributed by atoms with van der Waals surface area (Å²) in [6.07, 6.45) is 3.28. The summed E-state index contributed by atoms with van der Waals surface area (Å²) in [5.74, 6) is -0.561. The van der Waals surface area contributed by atoms with Crippen LogP contribution in [0.1, 0.15) is 27.3 Å². The van der Waals surface area contributed by atoms with E-state index in [1.807, 2.05) is 19.1 Å². The predicted octanol–water partition coefficient (Wildman–Crippen LogP) is 3.48. The molecule has 22 heavy (non-hydrogen) atoms. The van der Waals surface area contributed by atoms with E-state index in [1.165, 1.54) is 7.11 Å². The molecule has 0 atom stereocenters. The molecule has 2 aromatic rings. The van der Waals surface area contributed by atoms with Crippen LogP contribution in [0.25, 0.3) is 6.08 Å². The first-order chi connectivity index (χ1) is 10.6. The van der Waals surface area contributed by atoms with Crippen LogP contribution in [0.5, 0.6) is 0 Å². The van der Waals surface area contributed by atoms with Gasteiger partial charge in [0.25, 0.3) is 0 Å². The van der Waals surface area contributed by atoms with Crippen LogP contribution in [-0.2, 0) is 11.3 Å². The molecule has 1 N–H and O–H groups in total. The minimum Gasteiger partial charge on any atom is -0.464 e. The number of anilines is 1. The number of carbonyl (C=O) groups excluding carboxylic acids is 1. The van der Waals surface area contributed by atoms with Gasteiger partial charge in [-0.2, -0.15) is 0 Å². The fourth-order valence-corrected chi connectivity index (χ4v) is 2.20. The second-order valence-electron chi connectivity index (χ2n) is 4.57. The molecule has 0 fully saturated rings. The molecule has 114 valence electrons. The molecule has 0 aromatic carbocycles. The molecule has 0 bridgehead atoms. The van der Waals surface area contributed by atoms with Crippen molar-refractivity contribution in [2.75, 3.05) is 12.4 Å². The number of halogens is 1. The maximum Gasteiger partial charge on any atom is 0.357 e. The summed E-state index contributed by atoms with van der Waals surface area (Å²) in [4.78, 5) is 20.1. The van der Waals surface area contributed by atoms with Crippen LogP contribution in [-0.4, -0.2) is 23.0 Å². The first-order valence-electron chi connectivity index (χ1n) is 6.62. The van der Waals surface area contributed by atoms with Crippen molar-refractivity contribution in [1.82, 2.24) is 9.97 Å². The number of hydrogen-bond acceptors (Lipinski definition) is 5.